The quantitative estimate of drug-likeness (QED) is 0.600. The molecule has 1 fully saturated rings. The predicted octanol–water partition coefficient (Wildman–Crippen LogP) is 3.01. The van der Waals surface area contributed by atoms with E-state index in [1.807, 2.05) is 0 Å². The second-order valence-corrected chi connectivity index (χ2v) is 7.06. The molecule has 160 valence electrons. The minimum absolute atomic E-state index is 0. The highest BCUT2D eigenvalue weighted by molar-refractivity contribution is 5.85. The molecule has 9 heteroatoms. The van der Waals surface area contributed by atoms with Gasteiger partial charge in [-0.2, -0.15) is 13.2 Å². The fourth-order valence-corrected chi connectivity index (χ4v) is 3.17. The number of carbonyl (C=O) groups is 1. The molecule has 5 nitrogen and oxygen atoms in total. The number of hydrogen-bond donors (Lipinski definition) is 3. The van der Waals surface area contributed by atoms with Crippen LogP contribution in [0, 0.1) is 11.8 Å². The third-order valence-electron chi connectivity index (χ3n) is 4.85. The topological polar surface area (TPSA) is 70.6 Å². The molecule has 0 aliphatic carbocycles. The van der Waals surface area contributed by atoms with Gasteiger partial charge in [0.05, 0.1) is 5.56 Å². The molecule has 0 radical (unpaired) electrons. The summed E-state index contributed by atoms with van der Waals surface area (Å²) in [6.45, 7) is 3.96. The average Bonchev–Trinajstić information content (AvgIpc) is 2.65. The van der Waals surface area contributed by atoms with Gasteiger partial charge in [-0.1, -0.05) is 6.92 Å². The smallest absolute Gasteiger partial charge is 0.416 e. The summed E-state index contributed by atoms with van der Waals surface area (Å²) in [6.07, 6.45) is -2.79. The Morgan fingerprint density at radius 3 is 2.46 bits per heavy atom. The van der Waals surface area contributed by atoms with Crippen LogP contribution in [0.3, 0.4) is 0 Å². The molecule has 1 aliphatic rings. The van der Waals surface area contributed by atoms with E-state index in [0.717, 1.165) is 38.1 Å². The van der Waals surface area contributed by atoms with Gasteiger partial charge in [-0.3, -0.25) is 4.79 Å². The highest BCUT2D eigenvalue weighted by Gasteiger charge is 2.30. The lowest BCUT2D eigenvalue weighted by Gasteiger charge is -2.28. The van der Waals surface area contributed by atoms with Gasteiger partial charge >= 0.3 is 6.18 Å². The summed E-state index contributed by atoms with van der Waals surface area (Å²) in [4.78, 5) is 12.0. The van der Waals surface area contributed by atoms with Crippen molar-refractivity contribution in [1.29, 1.82) is 0 Å². The fraction of sp³-hybridized carbons (Fsp3) is 0.632. The van der Waals surface area contributed by atoms with Crippen molar-refractivity contribution in [1.82, 2.24) is 10.6 Å². The van der Waals surface area contributed by atoms with E-state index in [2.05, 4.69) is 17.6 Å². The molecule has 1 amide bonds. The van der Waals surface area contributed by atoms with Crippen molar-refractivity contribution < 1.29 is 27.8 Å². The van der Waals surface area contributed by atoms with Gasteiger partial charge in [0, 0.05) is 13.0 Å². The van der Waals surface area contributed by atoms with Crippen molar-refractivity contribution >= 4 is 18.3 Å². The lowest BCUT2D eigenvalue weighted by molar-refractivity contribution is -0.137. The molecule has 1 heterocycles. The lowest BCUT2D eigenvalue weighted by Crippen LogP contribution is -2.37. The number of rotatable bonds is 8. The van der Waals surface area contributed by atoms with Crippen LogP contribution >= 0.6 is 12.4 Å². The minimum Gasteiger partial charge on any atom is -0.491 e. The van der Waals surface area contributed by atoms with Gasteiger partial charge in [0.15, 0.2) is 0 Å². The number of ether oxygens (including phenoxy) is 1. The van der Waals surface area contributed by atoms with E-state index in [4.69, 9.17) is 4.74 Å². The maximum Gasteiger partial charge on any atom is 0.416 e. The van der Waals surface area contributed by atoms with Crippen LogP contribution < -0.4 is 15.4 Å². The number of carbonyl (C=O) groups excluding carboxylic acids is 1. The normalized spacial score (nSPS) is 17.3. The summed E-state index contributed by atoms with van der Waals surface area (Å²) >= 11 is 0. The van der Waals surface area contributed by atoms with E-state index >= 15 is 0 Å². The lowest BCUT2D eigenvalue weighted by atomic mass is 9.84. The van der Waals surface area contributed by atoms with Crippen LogP contribution in [0.1, 0.15) is 31.7 Å². The first-order valence-electron chi connectivity index (χ1n) is 9.21. The Bertz CT molecular complexity index is 593. The molecule has 0 aromatic heterocycles. The van der Waals surface area contributed by atoms with E-state index in [-0.39, 0.29) is 43.1 Å². The molecule has 1 aromatic carbocycles. The summed E-state index contributed by atoms with van der Waals surface area (Å²) in [5, 5.41) is 15.9. The number of hydrogen-bond acceptors (Lipinski definition) is 4. The number of benzene rings is 1. The molecule has 3 N–H and O–H groups in total. The Morgan fingerprint density at radius 2 is 1.89 bits per heavy atom. The van der Waals surface area contributed by atoms with Crippen LogP contribution in [0.15, 0.2) is 24.3 Å². The van der Waals surface area contributed by atoms with Crippen molar-refractivity contribution in [2.45, 2.75) is 38.5 Å². The summed E-state index contributed by atoms with van der Waals surface area (Å²) in [5.41, 5.74) is -0.759. The molecule has 2 unspecified atom stereocenters. The standard InChI is InChI=1S/C19H27F3N2O3.ClH/c1-13(14-6-8-23-9-7-14)10-18(26)24-11-16(25)12-27-17-4-2-15(3-5-17)19(20,21)22;/h2-5,13-14,16,23,25H,6-12H2,1H3,(H,24,26);1H. The van der Waals surface area contributed by atoms with Gasteiger partial charge in [-0.25, -0.2) is 0 Å². The van der Waals surface area contributed by atoms with Gasteiger partial charge in [-0.15, -0.1) is 12.4 Å². The maximum absolute atomic E-state index is 12.5. The zero-order valence-corrected chi connectivity index (χ0v) is 16.6. The molecule has 1 aromatic rings. The number of piperidine rings is 1. The zero-order chi connectivity index (χ0) is 19.9. The predicted molar refractivity (Wildman–Crippen MR) is 103 cm³/mol. The molecule has 28 heavy (non-hydrogen) atoms. The summed E-state index contributed by atoms with van der Waals surface area (Å²) in [6, 6.07) is 4.25. The van der Waals surface area contributed by atoms with Crippen LogP contribution in [0.2, 0.25) is 0 Å². The molecule has 1 saturated heterocycles. The van der Waals surface area contributed by atoms with Gasteiger partial charge in [0.1, 0.15) is 18.5 Å². The Labute approximate surface area is 169 Å². The first-order chi connectivity index (χ1) is 12.8. The Morgan fingerprint density at radius 1 is 1.29 bits per heavy atom. The SMILES string of the molecule is CC(CC(=O)NCC(O)COc1ccc(C(F)(F)F)cc1)C1CCNCC1.Cl. The van der Waals surface area contributed by atoms with Crippen LogP contribution in [-0.4, -0.2) is 43.4 Å². The highest BCUT2D eigenvalue weighted by Crippen LogP contribution is 2.30. The molecule has 0 saturated carbocycles. The second kappa shape index (κ2) is 11.5. The highest BCUT2D eigenvalue weighted by atomic mass is 35.5. The number of amides is 1. The number of aliphatic hydroxyl groups is 1. The average molecular weight is 425 g/mol. The summed E-state index contributed by atoms with van der Waals surface area (Å²) in [7, 11) is 0. The third kappa shape index (κ3) is 8.24. The van der Waals surface area contributed by atoms with Crippen molar-refractivity contribution in [2.75, 3.05) is 26.2 Å². The Balaban J connectivity index is 0.00000392. The van der Waals surface area contributed by atoms with E-state index in [9.17, 15) is 23.1 Å². The second-order valence-electron chi connectivity index (χ2n) is 7.06. The van der Waals surface area contributed by atoms with Gasteiger partial charge in [0.25, 0.3) is 0 Å². The van der Waals surface area contributed by atoms with E-state index in [1.54, 1.807) is 0 Å². The van der Waals surface area contributed by atoms with Gasteiger partial charge < -0.3 is 20.5 Å². The molecular weight excluding hydrogens is 397 g/mol. The number of nitrogens with one attached hydrogen (secondary N) is 2. The first kappa shape index (κ1) is 24.5. The Kier molecular flexibility index (Phi) is 10.1. The number of aliphatic hydroxyl groups excluding tert-OH is 1. The van der Waals surface area contributed by atoms with Crippen LogP contribution in [0.5, 0.6) is 5.75 Å². The third-order valence-corrected chi connectivity index (χ3v) is 4.85. The van der Waals surface area contributed by atoms with Crippen LogP contribution in [0.4, 0.5) is 13.2 Å². The fourth-order valence-electron chi connectivity index (χ4n) is 3.17. The van der Waals surface area contributed by atoms with Crippen molar-refractivity contribution in [3.05, 3.63) is 29.8 Å². The molecule has 0 bridgehead atoms. The van der Waals surface area contributed by atoms with Crippen molar-refractivity contribution in [3.63, 3.8) is 0 Å². The molecule has 2 atom stereocenters. The molecule has 2 rings (SSSR count). The first-order valence-corrected chi connectivity index (χ1v) is 9.21. The monoisotopic (exact) mass is 424 g/mol. The minimum atomic E-state index is -4.40. The molecule has 0 spiro atoms. The molecule has 1 aliphatic heterocycles. The van der Waals surface area contributed by atoms with E-state index in [0.29, 0.717) is 12.3 Å². The zero-order valence-electron chi connectivity index (χ0n) is 15.8. The number of alkyl halides is 3. The van der Waals surface area contributed by atoms with Gasteiger partial charge in [-0.05, 0) is 62.0 Å². The van der Waals surface area contributed by atoms with E-state index in [1.165, 1.54) is 12.1 Å². The number of halogens is 4. The Hall–Kier alpha value is -1.51. The van der Waals surface area contributed by atoms with Crippen molar-refractivity contribution in [2.24, 2.45) is 11.8 Å². The maximum atomic E-state index is 12.5. The summed E-state index contributed by atoms with van der Waals surface area (Å²) < 4.78 is 42.8. The van der Waals surface area contributed by atoms with Crippen LogP contribution in [0.25, 0.3) is 0 Å². The molecular formula is C19H28ClF3N2O3. The van der Waals surface area contributed by atoms with Crippen molar-refractivity contribution in [3.8, 4) is 5.75 Å². The largest absolute Gasteiger partial charge is 0.491 e. The van der Waals surface area contributed by atoms with E-state index < -0.39 is 17.8 Å². The van der Waals surface area contributed by atoms with Gasteiger partial charge in [0.2, 0.25) is 5.91 Å². The van der Waals surface area contributed by atoms with Crippen LogP contribution in [-0.2, 0) is 11.0 Å². The summed E-state index contributed by atoms with van der Waals surface area (Å²) in [5.74, 6) is 0.931.